The maximum absolute atomic E-state index is 8.88. The summed E-state index contributed by atoms with van der Waals surface area (Å²) in [6.07, 6.45) is 0. The van der Waals surface area contributed by atoms with Crippen LogP contribution in [0.15, 0.2) is 54.6 Å². The summed E-state index contributed by atoms with van der Waals surface area (Å²) in [4.78, 5) is 2.36. The van der Waals surface area contributed by atoms with Crippen LogP contribution in [0.3, 0.4) is 0 Å². The van der Waals surface area contributed by atoms with E-state index in [0.717, 1.165) is 13.1 Å². The van der Waals surface area contributed by atoms with Gasteiger partial charge in [-0.25, -0.2) is 0 Å². The predicted molar refractivity (Wildman–Crippen MR) is 85.5 cm³/mol. The van der Waals surface area contributed by atoms with Crippen molar-refractivity contribution in [1.82, 2.24) is 4.90 Å². The van der Waals surface area contributed by atoms with E-state index < -0.39 is 0 Å². The van der Waals surface area contributed by atoms with E-state index in [1.807, 2.05) is 30.3 Å². The molecule has 1 atom stereocenters. The minimum Gasteiger partial charge on any atom is -0.329 e. The van der Waals surface area contributed by atoms with E-state index in [9.17, 15) is 0 Å². The number of nitrogens with zero attached hydrogens (tertiary/aromatic N) is 2. The second-order valence-electron chi connectivity index (χ2n) is 5.15. The van der Waals surface area contributed by atoms with Gasteiger partial charge >= 0.3 is 0 Å². The van der Waals surface area contributed by atoms with Gasteiger partial charge in [0.05, 0.1) is 11.6 Å². The van der Waals surface area contributed by atoms with Crippen LogP contribution in [0.4, 0.5) is 0 Å². The lowest BCUT2D eigenvalue weighted by Gasteiger charge is -2.29. The summed E-state index contributed by atoms with van der Waals surface area (Å²) < 4.78 is 0. The normalized spacial score (nSPS) is 12.1. The van der Waals surface area contributed by atoms with Crippen LogP contribution in [0.5, 0.6) is 0 Å². The van der Waals surface area contributed by atoms with E-state index in [2.05, 4.69) is 42.2 Å². The largest absolute Gasteiger partial charge is 0.329 e. The summed E-state index contributed by atoms with van der Waals surface area (Å²) in [6.45, 7) is 4.53. The average Bonchev–Trinajstić information content (AvgIpc) is 2.55. The van der Waals surface area contributed by atoms with Gasteiger partial charge in [0.25, 0.3) is 0 Å². The van der Waals surface area contributed by atoms with Crippen molar-refractivity contribution >= 4 is 0 Å². The fraction of sp³-hybridized carbons (Fsp3) is 0.278. The molecular formula is C18H21N3. The first-order valence-corrected chi connectivity index (χ1v) is 7.22. The predicted octanol–water partition coefficient (Wildman–Crippen LogP) is 3.08. The van der Waals surface area contributed by atoms with Gasteiger partial charge in [-0.3, -0.25) is 4.90 Å². The van der Waals surface area contributed by atoms with Gasteiger partial charge < -0.3 is 5.73 Å². The van der Waals surface area contributed by atoms with Crippen LogP contribution in [0.25, 0.3) is 0 Å². The number of rotatable bonds is 6. The highest BCUT2D eigenvalue weighted by Crippen LogP contribution is 2.22. The molecule has 0 heterocycles. The van der Waals surface area contributed by atoms with Crippen molar-refractivity contribution in [3.63, 3.8) is 0 Å². The van der Waals surface area contributed by atoms with Crippen LogP contribution < -0.4 is 5.73 Å². The van der Waals surface area contributed by atoms with E-state index in [-0.39, 0.29) is 6.04 Å². The van der Waals surface area contributed by atoms with Crippen molar-refractivity contribution in [3.8, 4) is 6.07 Å². The molecule has 0 aliphatic carbocycles. The summed E-state index contributed by atoms with van der Waals surface area (Å²) in [5.74, 6) is 0. The molecule has 0 amide bonds. The van der Waals surface area contributed by atoms with E-state index in [1.165, 1.54) is 11.1 Å². The molecule has 2 aromatic carbocycles. The molecular weight excluding hydrogens is 258 g/mol. The van der Waals surface area contributed by atoms with Crippen molar-refractivity contribution < 1.29 is 0 Å². The molecule has 21 heavy (non-hydrogen) atoms. The Morgan fingerprint density at radius 3 is 2.33 bits per heavy atom. The minimum atomic E-state index is 0.265. The SMILES string of the molecule is CC(c1ccc(C#N)cc1)N(CCN)Cc1ccccc1. The molecule has 0 saturated heterocycles. The first-order chi connectivity index (χ1) is 10.2. The first-order valence-electron chi connectivity index (χ1n) is 7.22. The van der Waals surface area contributed by atoms with Crippen LogP contribution in [-0.4, -0.2) is 18.0 Å². The molecule has 108 valence electrons. The maximum atomic E-state index is 8.88. The summed E-state index contributed by atoms with van der Waals surface area (Å²) in [5.41, 5.74) is 8.94. The van der Waals surface area contributed by atoms with Crippen molar-refractivity contribution in [2.75, 3.05) is 13.1 Å². The fourth-order valence-corrected chi connectivity index (χ4v) is 2.44. The molecule has 0 aliphatic rings. The van der Waals surface area contributed by atoms with Crippen molar-refractivity contribution in [2.45, 2.75) is 19.5 Å². The number of nitrogens with two attached hydrogens (primary N) is 1. The molecule has 0 saturated carbocycles. The smallest absolute Gasteiger partial charge is 0.0991 e. The van der Waals surface area contributed by atoms with Gasteiger partial charge in [-0.1, -0.05) is 42.5 Å². The van der Waals surface area contributed by atoms with Gasteiger partial charge in [-0.15, -0.1) is 0 Å². The average molecular weight is 279 g/mol. The first kappa shape index (κ1) is 15.2. The van der Waals surface area contributed by atoms with E-state index in [0.29, 0.717) is 12.1 Å². The van der Waals surface area contributed by atoms with Crippen LogP contribution in [-0.2, 0) is 6.54 Å². The Hall–Kier alpha value is -2.15. The number of benzene rings is 2. The molecule has 0 aromatic heterocycles. The third-order valence-corrected chi connectivity index (χ3v) is 3.71. The van der Waals surface area contributed by atoms with Gasteiger partial charge in [0.1, 0.15) is 0 Å². The third kappa shape index (κ3) is 4.16. The number of nitriles is 1. The molecule has 2 rings (SSSR count). The Bertz CT molecular complexity index is 584. The Kier molecular flexibility index (Phi) is 5.51. The topological polar surface area (TPSA) is 53.0 Å². The Labute approximate surface area is 126 Å². The molecule has 3 heteroatoms. The van der Waals surface area contributed by atoms with Crippen molar-refractivity contribution in [1.29, 1.82) is 5.26 Å². The molecule has 1 unspecified atom stereocenters. The van der Waals surface area contributed by atoms with Crippen LogP contribution in [0.2, 0.25) is 0 Å². The highest BCUT2D eigenvalue weighted by atomic mass is 15.2. The van der Waals surface area contributed by atoms with Crippen LogP contribution in [0.1, 0.15) is 29.7 Å². The molecule has 0 fully saturated rings. The standard InChI is InChI=1S/C18H21N3/c1-15(18-9-7-16(13-20)8-10-18)21(12-11-19)14-17-5-3-2-4-6-17/h2-10,15H,11-12,14,19H2,1H3. The summed E-state index contributed by atoms with van der Waals surface area (Å²) in [7, 11) is 0. The highest BCUT2D eigenvalue weighted by molar-refractivity contribution is 5.32. The quantitative estimate of drug-likeness (QED) is 0.884. The van der Waals surface area contributed by atoms with E-state index >= 15 is 0 Å². The van der Waals surface area contributed by atoms with Gasteiger partial charge in [-0.05, 0) is 30.2 Å². The zero-order valence-corrected chi connectivity index (χ0v) is 12.4. The Balaban J connectivity index is 2.14. The van der Waals surface area contributed by atoms with E-state index in [4.69, 9.17) is 11.0 Å². The Morgan fingerprint density at radius 1 is 1.10 bits per heavy atom. The summed E-state index contributed by atoms with van der Waals surface area (Å²) in [5, 5.41) is 8.88. The highest BCUT2D eigenvalue weighted by Gasteiger charge is 2.15. The van der Waals surface area contributed by atoms with Crippen LogP contribution >= 0.6 is 0 Å². The molecule has 0 spiro atoms. The second-order valence-corrected chi connectivity index (χ2v) is 5.15. The fourth-order valence-electron chi connectivity index (χ4n) is 2.44. The van der Waals surface area contributed by atoms with Gasteiger partial charge in [0.15, 0.2) is 0 Å². The molecule has 2 N–H and O–H groups in total. The third-order valence-electron chi connectivity index (χ3n) is 3.71. The summed E-state index contributed by atoms with van der Waals surface area (Å²) in [6, 6.07) is 20.6. The lowest BCUT2D eigenvalue weighted by molar-refractivity contribution is 0.207. The lowest BCUT2D eigenvalue weighted by atomic mass is 10.0. The monoisotopic (exact) mass is 279 g/mol. The van der Waals surface area contributed by atoms with Gasteiger partial charge in [-0.2, -0.15) is 5.26 Å². The Morgan fingerprint density at radius 2 is 1.76 bits per heavy atom. The zero-order valence-electron chi connectivity index (χ0n) is 12.4. The van der Waals surface area contributed by atoms with Crippen molar-refractivity contribution in [3.05, 3.63) is 71.3 Å². The lowest BCUT2D eigenvalue weighted by Crippen LogP contribution is -2.31. The van der Waals surface area contributed by atoms with Crippen molar-refractivity contribution in [2.24, 2.45) is 5.73 Å². The zero-order chi connectivity index (χ0) is 15.1. The second kappa shape index (κ2) is 7.58. The van der Waals surface area contributed by atoms with Gasteiger partial charge in [0, 0.05) is 25.7 Å². The van der Waals surface area contributed by atoms with Crippen LogP contribution in [0, 0.1) is 11.3 Å². The molecule has 0 aliphatic heterocycles. The maximum Gasteiger partial charge on any atom is 0.0991 e. The molecule has 0 bridgehead atoms. The molecule has 0 radical (unpaired) electrons. The summed E-state index contributed by atoms with van der Waals surface area (Å²) >= 11 is 0. The number of hydrogen-bond acceptors (Lipinski definition) is 3. The number of hydrogen-bond donors (Lipinski definition) is 1. The molecule has 2 aromatic rings. The van der Waals surface area contributed by atoms with E-state index in [1.54, 1.807) is 0 Å². The minimum absolute atomic E-state index is 0.265. The van der Waals surface area contributed by atoms with Gasteiger partial charge in [0.2, 0.25) is 0 Å². The molecule has 3 nitrogen and oxygen atoms in total.